The second kappa shape index (κ2) is 8.14. The summed E-state index contributed by atoms with van der Waals surface area (Å²) in [4.78, 5) is 21.4. The van der Waals surface area contributed by atoms with E-state index in [0.717, 1.165) is 33.1 Å². The summed E-state index contributed by atoms with van der Waals surface area (Å²) in [5, 5.41) is 15.4. The molecule has 160 valence electrons. The fourth-order valence-electron chi connectivity index (χ4n) is 3.72. The number of amides is 1. The first kappa shape index (κ1) is 19.7. The number of hydrogen-bond acceptors (Lipinski definition) is 5. The average Bonchev–Trinajstić information content (AvgIpc) is 3.40. The molecule has 1 amide bonds. The van der Waals surface area contributed by atoms with Gasteiger partial charge in [-0.25, -0.2) is 9.97 Å². The van der Waals surface area contributed by atoms with Crippen LogP contribution in [0, 0.1) is 0 Å². The number of aromatic nitrogens is 5. The van der Waals surface area contributed by atoms with E-state index in [1.807, 2.05) is 73.1 Å². The van der Waals surface area contributed by atoms with Gasteiger partial charge in [-0.2, -0.15) is 5.10 Å². The van der Waals surface area contributed by atoms with Gasteiger partial charge in [0.05, 0.1) is 11.7 Å². The number of benzene rings is 2. The van der Waals surface area contributed by atoms with Gasteiger partial charge in [-0.3, -0.25) is 9.89 Å². The van der Waals surface area contributed by atoms with Gasteiger partial charge in [-0.1, -0.05) is 12.1 Å². The molecule has 0 unspecified atom stereocenters. The molecule has 0 aliphatic rings. The van der Waals surface area contributed by atoms with E-state index in [0.29, 0.717) is 11.6 Å². The SMILES string of the molecule is CC(C)NC(=O)Cn1ccc2ccc(-c3nccc(Nc4ccc5[nH]ncc5c4)n3)cc21. The summed E-state index contributed by atoms with van der Waals surface area (Å²) in [5.41, 5.74) is 3.76. The number of aromatic amines is 1. The number of anilines is 2. The highest BCUT2D eigenvalue weighted by atomic mass is 16.2. The van der Waals surface area contributed by atoms with Gasteiger partial charge < -0.3 is 15.2 Å². The van der Waals surface area contributed by atoms with Crippen LogP contribution in [0.1, 0.15) is 13.8 Å². The van der Waals surface area contributed by atoms with Crippen LogP contribution in [0.3, 0.4) is 0 Å². The van der Waals surface area contributed by atoms with Gasteiger partial charge in [0.15, 0.2) is 5.82 Å². The molecule has 0 saturated carbocycles. The second-order valence-electron chi connectivity index (χ2n) is 8.00. The van der Waals surface area contributed by atoms with Crippen LogP contribution in [0.5, 0.6) is 0 Å². The second-order valence-corrected chi connectivity index (χ2v) is 8.00. The van der Waals surface area contributed by atoms with Gasteiger partial charge in [0.25, 0.3) is 0 Å². The molecular weight excluding hydrogens is 402 g/mol. The van der Waals surface area contributed by atoms with Gasteiger partial charge in [0.2, 0.25) is 5.91 Å². The van der Waals surface area contributed by atoms with Crippen LogP contribution < -0.4 is 10.6 Å². The van der Waals surface area contributed by atoms with E-state index < -0.39 is 0 Å². The molecular formula is C24H23N7O. The van der Waals surface area contributed by atoms with Crippen molar-refractivity contribution in [2.75, 3.05) is 5.32 Å². The van der Waals surface area contributed by atoms with Crippen LogP contribution in [-0.4, -0.2) is 36.7 Å². The summed E-state index contributed by atoms with van der Waals surface area (Å²) in [5.74, 6) is 1.30. The number of fused-ring (bicyclic) bond motifs is 2. The maximum Gasteiger partial charge on any atom is 0.240 e. The van der Waals surface area contributed by atoms with Crippen molar-refractivity contribution in [3.05, 3.63) is 67.1 Å². The van der Waals surface area contributed by atoms with E-state index in [-0.39, 0.29) is 18.5 Å². The van der Waals surface area contributed by atoms with Crippen molar-refractivity contribution >= 4 is 39.2 Å². The van der Waals surface area contributed by atoms with Crippen LogP contribution in [0.4, 0.5) is 11.5 Å². The topological polar surface area (TPSA) is 101 Å². The molecule has 0 saturated heterocycles. The summed E-state index contributed by atoms with van der Waals surface area (Å²) in [7, 11) is 0. The Morgan fingerprint density at radius 3 is 2.88 bits per heavy atom. The molecule has 2 aromatic carbocycles. The van der Waals surface area contributed by atoms with Gasteiger partial charge in [-0.05, 0) is 55.6 Å². The molecule has 0 bridgehead atoms. The normalized spacial score (nSPS) is 11.3. The summed E-state index contributed by atoms with van der Waals surface area (Å²) in [6, 6.07) is 16.0. The Bertz CT molecular complexity index is 1420. The lowest BCUT2D eigenvalue weighted by atomic mass is 10.1. The van der Waals surface area contributed by atoms with Crippen molar-refractivity contribution in [1.29, 1.82) is 0 Å². The number of nitrogens with one attached hydrogen (secondary N) is 3. The molecule has 3 aromatic heterocycles. The van der Waals surface area contributed by atoms with E-state index in [2.05, 4.69) is 25.8 Å². The molecule has 5 aromatic rings. The van der Waals surface area contributed by atoms with Gasteiger partial charge in [0, 0.05) is 40.6 Å². The Balaban J connectivity index is 1.42. The molecule has 3 heterocycles. The van der Waals surface area contributed by atoms with Gasteiger partial charge >= 0.3 is 0 Å². The highest BCUT2D eigenvalue weighted by Gasteiger charge is 2.10. The van der Waals surface area contributed by atoms with Crippen molar-refractivity contribution in [1.82, 2.24) is 30.0 Å². The standard InChI is InChI=1S/C24H23N7O/c1-15(2)27-23(32)14-31-10-8-16-3-4-17(12-21(16)31)24-25-9-7-22(29-24)28-19-5-6-20-18(11-19)13-26-30-20/h3-13,15H,14H2,1-2H3,(H,26,30)(H,27,32)(H,25,28,29). The first-order valence-electron chi connectivity index (χ1n) is 10.5. The predicted molar refractivity (Wildman–Crippen MR) is 126 cm³/mol. The monoisotopic (exact) mass is 425 g/mol. The molecule has 0 fully saturated rings. The van der Waals surface area contributed by atoms with Crippen LogP contribution in [0.25, 0.3) is 33.2 Å². The van der Waals surface area contributed by atoms with Crippen molar-refractivity contribution in [2.45, 2.75) is 26.4 Å². The highest BCUT2D eigenvalue weighted by molar-refractivity contribution is 5.87. The minimum absolute atomic E-state index is 0.0139. The zero-order valence-corrected chi connectivity index (χ0v) is 17.8. The molecule has 5 rings (SSSR count). The molecule has 3 N–H and O–H groups in total. The predicted octanol–water partition coefficient (Wildman–Crippen LogP) is 4.24. The largest absolute Gasteiger partial charge is 0.352 e. The Hall–Kier alpha value is -4.20. The van der Waals surface area contributed by atoms with E-state index in [1.165, 1.54) is 0 Å². The van der Waals surface area contributed by atoms with E-state index in [9.17, 15) is 4.79 Å². The number of rotatable bonds is 6. The molecule has 8 nitrogen and oxygen atoms in total. The van der Waals surface area contributed by atoms with Crippen LogP contribution in [-0.2, 0) is 11.3 Å². The summed E-state index contributed by atoms with van der Waals surface area (Å²) in [6.07, 6.45) is 5.46. The fraction of sp³-hybridized carbons (Fsp3) is 0.167. The number of nitrogens with zero attached hydrogens (tertiary/aromatic N) is 4. The maximum atomic E-state index is 12.2. The minimum atomic E-state index is -0.0139. The van der Waals surface area contributed by atoms with Crippen LogP contribution in [0.2, 0.25) is 0 Å². The Kier molecular flexibility index (Phi) is 5.03. The average molecular weight is 425 g/mol. The molecule has 0 aliphatic heterocycles. The lowest BCUT2D eigenvalue weighted by Gasteiger charge is -2.10. The highest BCUT2D eigenvalue weighted by Crippen LogP contribution is 2.25. The molecule has 0 atom stereocenters. The number of H-pyrrole nitrogens is 1. The molecule has 32 heavy (non-hydrogen) atoms. The van der Waals surface area contributed by atoms with Crippen molar-refractivity contribution in [3.63, 3.8) is 0 Å². The van der Waals surface area contributed by atoms with Crippen molar-refractivity contribution in [3.8, 4) is 11.4 Å². The Morgan fingerprint density at radius 2 is 2.00 bits per heavy atom. The lowest BCUT2D eigenvalue weighted by Crippen LogP contribution is -2.32. The van der Waals surface area contributed by atoms with E-state index in [4.69, 9.17) is 4.98 Å². The fourth-order valence-corrected chi connectivity index (χ4v) is 3.72. The number of carbonyl (C=O) groups excluding carboxylic acids is 1. The van der Waals surface area contributed by atoms with Crippen LogP contribution in [0.15, 0.2) is 67.1 Å². The van der Waals surface area contributed by atoms with Gasteiger partial charge in [-0.15, -0.1) is 0 Å². The quantitative estimate of drug-likeness (QED) is 0.378. The minimum Gasteiger partial charge on any atom is -0.352 e. The Morgan fingerprint density at radius 1 is 1.09 bits per heavy atom. The third-order valence-electron chi connectivity index (χ3n) is 5.16. The third kappa shape index (κ3) is 4.02. The molecule has 0 spiro atoms. The lowest BCUT2D eigenvalue weighted by molar-refractivity contribution is -0.122. The maximum absolute atomic E-state index is 12.2. The summed E-state index contributed by atoms with van der Waals surface area (Å²) < 4.78 is 1.94. The van der Waals surface area contributed by atoms with E-state index in [1.54, 1.807) is 12.4 Å². The van der Waals surface area contributed by atoms with Crippen molar-refractivity contribution in [2.24, 2.45) is 0 Å². The first-order valence-corrected chi connectivity index (χ1v) is 10.5. The molecule has 0 aliphatic carbocycles. The number of hydrogen-bond donors (Lipinski definition) is 3. The third-order valence-corrected chi connectivity index (χ3v) is 5.16. The first-order chi connectivity index (χ1) is 15.5. The smallest absolute Gasteiger partial charge is 0.240 e. The summed E-state index contributed by atoms with van der Waals surface area (Å²) in [6.45, 7) is 4.18. The van der Waals surface area contributed by atoms with E-state index >= 15 is 0 Å². The zero-order valence-electron chi connectivity index (χ0n) is 17.8. The van der Waals surface area contributed by atoms with Crippen molar-refractivity contribution < 1.29 is 4.79 Å². The molecule has 0 radical (unpaired) electrons. The number of carbonyl (C=O) groups is 1. The summed E-state index contributed by atoms with van der Waals surface area (Å²) >= 11 is 0. The zero-order chi connectivity index (χ0) is 22.1. The molecule has 8 heteroatoms. The van der Waals surface area contributed by atoms with Gasteiger partial charge in [0.1, 0.15) is 12.4 Å². The van der Waals surface area contributed by atoms with Crippen LogP contribution >= 0.6 is 0 Å². The Labute approximate surface area is 184 Å².